The Hall–Kier alpha value is -1.43. The van der Waals surface area contributed by atoms with E-state index in [1.807, 2.05) is 30.3 Å². The molecule has 0 aliphatic carbocycles. The summed E-state index contributed by atoms with van der Waals surface area (Å²) in [5.41, 5.74) is 2.57. The van der Waals surface area contributed by atoms with Gasteiger partial charge in [0.05, 0.1) is 11.0 Å². The molecule has 1 aromatic carbocycles. The van der Waals surface area contributed by atoms with Crippen molar-refractivity contribution in [3.05, 3.63) is 35.2 Å². The Labute approximate surface area is 115 Å². The Bertz CT molecular complexity index is 543. The van der Waals surface area contributed by atoms with E-state index in [1.54, 1.807) is 0 Å². The third kappa shape index (κ3) is 2.94. The maximum Gasteiger partial charge on any atom is 0.284 e. The highest BCUT2D eigenvalue weighted by Gasteiger charge is 2.16. The highest BCUT2D eigenvalue weighted by atomic mass is 32.1. The van der Waals surface area contributed by atoms with E-state index >= 15 is 0 Å². The minimum atomic E-state index is -0.153. The number of carbonyl (C=O) groups is 1. The fourth-order valence-corrected chi connectivity index (χ4v) is 3.14. The van der Waals surface area contributed by atoms with Gasteiger partial charge in [-0.25, -0.2) is 5.48 Å². The summed E-state index contributed by atoms with van der Waals surface area (Å²) in [6.07, 6.45) is 2.00. The molecule has 0 unspecified atom stereocenters. The molecule has 1 aliphatic heterocycles. The maximum atomic E-state index is 12.0. The molecule has 4 nitrogen and oxygen atoms in total. The van der Waals surface area contributed by atoms with Gasteiger partial charge >= 0.3 is 0 Å². The lowest BCUT2D eigenvalue weighted by Crippen LogP contribution is -2.37. The molecule has 19 heavy (non-hydrogen) atoms. The van der Waals surface area contributed by atoms with Crippen LogP contribution in [-0.4, -0.2) is 25.1 Å². The zero-order valence-electron chi connectivity index (χ0n) is 10.5. The largest absolute Gasteiger partial charge is 0.317 e. The summed E-state index contributed by atoms with van der Waals surface area (Å²) >= 11 is 1.49. The lowest BCUT2D eigenvalue weighted by atomic mass is 10.1. The Balaban J connectivity index is 1.63. The average molecular weight is 276 g/mol. The van der Waals surface area contributed by atoms with Crippen LogP contribution in [0.2, 0.25) is 0 Å². The first-order chi connectivity index (χ1) is 9.33. The number of thiophene rings is 1. The first-order valence-electron chi connectivity index (χ1n) is 6.48. The first kappa shape index (κ1) is 12.6. The predicted octanol–water partition coefficient (Wildman–Crippen LogP) is 2.31. The van der Waals surface area contributed by atoms with Gasteiger partial charge in [-0.1, -0.05) is 18.2 Å². The number of amides is 1. The van der Waals surface area contributed by atoms with Crippen LogP contribution in [-0.2, 0) is 4.84 Å². The van der Waals surface area contributed by atoms with Crippen molar-refractivity contribution in [1.82, 2.24) is 10.8 Å². The SMILES string of the molecule is O=C(NOC1CCNCC1)c1cc2ccccc2s1. The second-order valence-corrected chi connectivity index (χ2v) is 5.73. The molecule has 5 heteroatoms. The zero-order chi connectivity index (χ0) is 13.1. The topological polar surface area (TPSA) is 50.4 Å². The van der Waals surface area contributed by atoms with Gasteiger partial charge in [0, 0.05) is 4.70 Å². The van der Waals surface area contributed by atoms with Gasteiger partial charge in [-0.2, -0.15) is 0 Å². The highest BCUT2D eigenvalue weighted by molar-refractivity contribution is 7.20. The van der Waals surface area contributed by atoms with E-state index in [0.29, 0.717) is 4.88 Å². The van der Waals surface area contributed by atoms with E-state index in [-0.39, 0.29) is 12.0 Å². The number of nitrogens with one attached hydrogen (secondary N) is 2. The summed E-state index contributed by atoms with van der Waals surface area (Å²) in [4.78, 5) is 18.2. The van der Waals surface area contributed by atoms with Crippen LogP contribution in [0.1, 0.15) is 22.5 Å². The molecule has 0 spiro atoms. The zero-order valence-corrected chi connectivity index (χ0v) is 11.3. The summed E-state index contributed by atoms with van der Waals surface area (Å²) in [5.74, 6) is -0.153. The molecule has 1 aromatic heterocycles. The highest BCUT2D eigenvalue weighted by Crippen LogP contribution is 2.25. The van der Waals surface area contributed by atoms with Crippen molar-refractivity contribution in [1.29, 1.82) is 0 Å². The third-order valence-electron chi connectivity index (χ3n) is 3.25. The summed E-state index contributed by atoms with van der Waals surface area (Å²) in [7, 11) is 0. The Morgan fingerprint density at radius 3 is 2.89 bits per heavy atom. The van der Waals surface area contributed by atoms with Crippen molar-refractivity contribution in [2.75, 3.05) is 13.1 Å². The molecular formula is C14H16N2O2S. The molecule has 0 bridgehead atoms. The average Bonchev–Trinajstić information content (AvgIpc) is 2.90. The third-order valence-corrected chi connectivity index (χ3v) is 4.37. The van der Waals surface area contributed by atoms with Gasteiger partial charge < -0.3 is 5.32 Å². The molecule has 100 valence electrons. The lowest BCUT2D eigenvalue weighted by Gasteiger charge is -2.22. The number of fused-ring (bicyclic) bond motifs is 1. The van der Waals surface area contributed by atoms with Crippen molar-refractivity contribution < 1.29 is 9.63 Å². The van der Waals surface area contributed by atoms with E-state index in [0.717, 1.165) is 36.0 Å². The first-order valence-corrected chi connectivity index (χ1v) is 7.30. The molecule has 1 aliphatic rings. The monoisotopic (exact) mass is 276 g/mol. The molecule has 0 atom stereocenters. The fraction of sp³-hybridized carbons (Fsp3) is 0.357. The van der Waals surface area contributed by atoms with E-state index in [2.05, 4.69) is 10.8 Å². The number of hydrogen-bond acceptors (Lipinski definition) is 4. The summed E-state index contributed by atoms with van der Waals surface area (Å²) in [6, 6.07) is 9.89. The second kappa shape index (κ2) is 5.69. The molecule has 1 saturated heterocycles. The maximum absolute atomic E-state index is 12.0. The van der Waals surface area contributed by atoms with Crippen molar-refractivity contribution in [3.63, 3.8) is 0 Å². The summed E-state index contributed by atoms with van der Waals surface area (Å²) < 4.78 is 1.12. The van der Waals surface area contributed by atoms with Crippen molar-refractivity contribution in [2.45, 2.75) is 18.9 Å². The van der Waals surface area contributed by atoms with Crippen LogP contribution < -0.4 is 10.8 Å². The number of hydroxylamine groups is 1. The number of rotatable bonds is 3. The predicted molar refractivity (Wildman–Crippen MR) is 76.3 cm³/mol. The molecule has 1 fully saturated rings. The molecule has 0 saturated carbocycles. The van der Waals surface area contributed by atoms with Gasteiger partial charge in [-0.05, 0) is 43.5 Å². The van der Waals surface area contributed by atoms with E-state index in [9.17, 15) is 4.79 Å². The van der Waals surface area contributed by atoms with Crippen LogP contribution in [0, 0.1) is 0 Å². The van der Waals surface area contributed by atoms with Crippen LogP contribution >= 0.6 is 11.3 Å². The van der Waals surface area contributed by atoms with Gasteiger partial charge in [0.25, 0.3) is 5.91 Å². The number of carbonyl (C=O) groups excluding carboxylic acids is 1. The molecular weight excluding hydrogens is 260 g/mol. The van der Waals surface area contributed by atoms with Gasteiger partial charge in [-0.15, -0.1) is 11.3 Å². The van der Waals surface area contributed by atoms with Gasteiger partial charge in [0.1, 0.15) is 0 Å². The minimum absolute atomic E-state index is 0.125. The molecule has 2 N–H and O–H groups in total. The van der Waals surface area contributed by atoms with Crippen LogP contribution in [0.25, 0.3) is 10.1 Å². The summed E-state index contributed by atoms with van der Waals surface area (Å²) in [6.45, 7) is 1.90. The molecule has 1 amide bonds. The van der Waals surface area contributed by atoms with Crippen molar-refractivity contribution >= 4 is 27.3 Å². The van der Waals surface area contributed by atoms with Gasteiger partial charge in [0.15, 0.2) is 0 Å². The standard InChI is InChI=1S/C14H16N2O2S/c17-14(16-18-11-5-7-15-8-6-11)13-9-10-3-1-2-4-12(10)19-13/h1-4,9,11,15H,5-8H2,(H,16,17). The lowest BCUT2D eigenvalue weighted by molar-refractivity contribution is -0.0280. The number of benzene rings is 1. The molecule has 2 aromatic rings. The fourth-order valence-electron chi connectivity index (χ4n) is 2.19. The van der Waals surface area contributed by atoms with Crippen LogP contribution in [0.15, 0.2) is 30.3 Å². The Morgan fingerprint density at radius 1 is 1.32 bits per heavy atom. The Kier molecular flexibility index (Phi) is 3.77. The molecule has 0 radical (unpaired) electrons. The Morgan fingerprint density at radius 2 is 2.11 bits per heavy atom. The molecule has 3 rings (SSSR count). The smallest absolute Gasteiger partial charge is 0.284 e. The van der Waals surface area contributed by atoms with Gasteiger partial charge in [-0.3, -0.25) is 9.63 Å². The molecule has 2 heterocycles. The van der Waals surface area contributed by atoms with Crippen LogP contribution in [0.3, 0.4) is 0 Å². The van der Waals surface area contributed by atoms with Crippen LogP contribution in [0.5, 0.6) is 0 Å². The van der Waals surface area contributed by atoms with E-state index in [1.165, 1.54) is 11.3 Å². The van der Waals surface area contributed by atoms with E-state index < -0.39 is 0 Å². The van der Waals surface area contributed by atoms with Crippen molar-refractivity contribution in [2.24, 2.45) is 0 Å². The van der Waals surface area contributed by atoms with Crippen molar-refractivity contribution in [3.8, 4) is 0 Å². The van der Waals surface area contributed by atoms with E-state index in [4.69, 9.17) is 4.84 Å². The quantitative estimate of drug-likeness (QED) is 0.846. The second-order valence-electron chi connectivity index (χ2n) is 4.65. The number of hydrogen-bond donors (Lipinski definition) is 2. The summed E-state index contributed by atoms with van der Waals surface area (Å²) in [5, 5.41) is 4.36. The van der Waals surface area contributed by atoms with Gasteiger partial charge in [0.2, 0.25) is 0 Å². The minimum Gasteiger partial charge on any atom is -0.317 e. The van der Waals surface area contributed by atoms with Crippen LogP contribution in [0.4, 0.5) is 0 Å². The number of piperidine rings is 1. The normalized spacial score (nSPS) is 16.6.